The molecule has 31 heavy (non-hydrogen) atoms. The predicted octanol–water partition coefficient (Wildman–Crippen LogP) is 4.72. The Morgan fingerprint density at radius 2 is 1.94 bits per heavy atom. The number of nitrogens with one attached hydrogen (secondary N) is 1. The Kier molecular flexibility index (Phi) is 7.55. The van der Waals surface area contributed by atoms with Crippen molar-refractivity contribution < 1.29 is 4.79 Å². The number of alkyl halides is 1. The number of carbonyl (C=O) groups is 1. The van der Waals surface area contributed by atoms with Crippen LogP contribution in [0.2, 0.25) is 0 Å². The van der Waals surface area contributed by atoms with Crippen molar-refractivity contribution in [2.75, 3.05) is 11.6 Å². The minimum Gasteiger partial charge on any atom is -0.267 e. The molecule has 1 amide bonds. The summed E-state index contributed by atoms with van der Waals surface area (Å²) in [5.74, 6) is 0.785. The fraction of sp³-hybridized carbons (Fsp3) is 0.227. The van der Waals surface area contributed by atoms with Crippen molar-refractivity contribution in [3.63, 3.8) is 0 Å². The van der Waals surface area contributed by atoms with Gasteiger partial charge in [0.05, 0.1) is 15.7 Å². The number of hydrogen-bond acceptors (Lipinski definition) is 6. The molecular formula is C22H20BrClN6O. The zero-order valence-electron chi connectivity index (χ0n) is 17.0. The summed E-state index contributed by atoms with van der Waals surface area (Å²) in [6.07, 6.45) is 3.02. The van der Waals surface area contributed by atoms with Crippen molar-refractivity contribution >= 4 is 39.3 Å². The van der Waals surface area contributed by atoms with E-state index >= 15 is 0 Å². The van der Waals surface area contributed by atoms with Gasteiger partial charge in [-0.05, 0) is 39.5 Å². The van der Waals surface area contributed by atoms with Crippen LogP contribution in [0.5, 0.6) is 0 Å². The number of aromatic nitrogens is 3. The van der Waals surface area contributed by atoms with Gasteiger partial charge in [-0.1, -0.05) is 38.1 Å². The molecule has 1 N–H and O–H groups in total. The topological polar surface area (TPSA) is 94.8 Å². The van der Waals surface area contributed by atoms with Gasteiger partial charge in [0.2, 0.25) is 5.82 Å². The van der Waals surface area contributed by atoms with Crippen LogP contribution < -0.4 is 10.4 Å². The highest BCUT2D eigenvalue weighted by Gasteiger charge is 2.19. The molecule has 3 rings (SSSR count). The summed E-state index contributed by atoms with van der Waals surface area (Å²) in [6, 6.07) is 13.2. The number of hydrazine groups is 1. The molecule has 3 aromatic rings. The standard InChI is InChI=1S/C22H20BrClN6O/c1-14(2)13-30(21-18(23)12-27-20(10-25)28-21)29-22(31)17-7-8-19(26-11-17)16-5-3-15(9-24)4-6-16/h3-8,11-12,14H,9,13H2,1-2H3,(H,29,31). The Hall–Kier alpha value is -3.02. The summed E-state index contributed by atoms with van der Waals surface area (Å²) in [5, 5.41) is 10.7. The van der Waals surface area contributed by atoms with E-state index in [2.05, 4.69) is 36.3 Å². The lowest BCUT2D eigenvalue weighted by Gasteiger charge is -2.26. The molecule has 0 aliphatic heterocycles. The van der Waals surface area contributed by atoms with Crippen LogP contribution in [0.3, 0.4) is 0 Å². The lowest BCUT2D eigenvalue weighted by Crippen LogP contribution is -2.45. The third kappa shape index (κ3) is 5.78. The zero-order chi connectivity index (χ0) is 22.4. The molecule has 0 aliphatic rings. The number of nitrogens with zero attached hydrogens (tertiary/aromatic N) is 5. The minimum absolute atomic E-state index is 0.0208. The minimum atomic E-state index is -0.332. The van der Waals surface area contributed by atoms with E-state index in [1.807, 2.05) is 44.2 Å². The first kappa shape index (κ1) is 22.7. The highest BCUT2D eigenvalue weighted by molar-refractivity contribution is 9.10. The smallest absolute Gasteiger partial charge is 0.267 e. The summed E-state index contributed by atoms with van der Waals surface area (Å²) in [7, 11) is 0. The Morgan fingerprint density at radius 1 is 1.19 bits per heavy atom. The number of halogens is 2. The highest BCUT2D eigenvalue weighted by Crippen LogP contribution is 2.23. The van der Waals surface area contributed by atoms with E-state index in [4.69, 9.17) is 16.9 Å². The van der Waals surface area contributed by atoms with Gasteiger partial charge in [0, 0.05) is 30.4 Å². The quantitative estimate of drug-likeness (QED) is 0.373. The molecule has 0 radical (unpaired) electrons. The molecule has 9 heteroatoms. The normalized spacial score (nSPS) is 10.6. The van der Waals surface area contributed by atoms with Crippen LogP contribution in [-0.2, 0) is 5.88 Å². The number of rotatable bonds is 7. The van der Waals surface area contributed by atoms with E-state index in [-0.39, 0.29) is 17.6 Å². The van der Waals surface area contributed by atoms with E-state index in [1.54, 1.807) is 17.1 Å². The molecule has 0 saturated carbocycles. The maximum absolute atomic E-state index is 12.9. The fourth-order valence-electron chi connectivity index (χ4n) is 2.80. The molecule has 0 spiro atoms. The first-order valence-electron chi connectivity index (χ1n) is 9.53. The summed E-state index contributed by atoms with van der Waals surface area (Å²) in [6.45, 7) is 4.53. The lowest BCUT2D eigenvalue weighted by atomic mass is 10.1. The van der Waals surface area contributed by atoms with Gasteiger partial charge in [-0.2, -0.15) is 10.2 Å². The maximum atomic E-state index is 12.9. The molecule has 0 atom stereocenters. The summed E-state index contributed by atoms with van der Waals surface area (Å²) >= 11 is 9.23. The van der Waals surface area contributed by atoms with E-state index < -0.39 is 0 Å². The third-order valence-electron chi connectivity index (χ3n) is 4.30. The maximum Gasteiger partial charge on any atom is 0.271 e. The van der Waals surface area contributed by atoms with Crippen molar-refractivity contribution in [2.24, 2.45) is 5.92 Å². The summed E-state index contributed by atoms with van der Waals surface area (Å²) in [4.78, 5) is 25.5. The van der Waals surface area contributed by atoms with E-state index in [1.165, 1.54) is 12.4 Å². The molecule has 0 saturated heterocycles. The summed E-state index contributed by atoms with van der Waals surface area (Å²) < 4.78 is 0.571. The van der Waals surface area contributed by atoms with Gasteiger partial charge < -0.3 is 0 Å². The van der Waals surface area contributed by atoms with Crippen LogP contribution in [0.4, 0.5) is 5.82 Å². The average molecular weight is 500 g/mol. The second-order valence-electron chi connectivity index (χ2n) is 7.19. The monoisotopic (exact) mass is 498 g/mol. The fourth-order valence-corrected chi connectivity index (χ4v) is 3.39. The Morgan fingerprint density at radius 3 is 2.52 bits per heavy atom. The molecule has 7 nitrogen and oxygen atoms in total. The lowest BCUT2D eigenvalue weighted by molar-refractivity contribution is 0.0947. The second kappa shape index (κ2) is 10.3. The van der Waals surface area contributed by atoms with Gasteiger partial charge in [-0.3, -0.25) is 20.2 Å². The summed E-state index contributed by atoms with van der Waals surface area (Å²) in [5.41, 5.74) is 5.99. The molecule has 158 valence electrons. The van der Waals surface area contributed by atoms with Gasteiger partial charge in [-0.25, -0.2) is 4.98 Å². The predicted molar refractivity (Wildman–Crippen MR) is 123 cm³/mol. The number of carbonyl (C=O) groups excluding carboxylic acids is 1. The van der Waals surface area contributed by atoms with E-state index in [9.17, 15) is 4.79 Å². The second-order valence-corrected chi connectivity index (χ2v) is 8.31. The first-order valence-corrected chi connectivity index (χ1v) is 10.9. The Bertz CT molecular complexity index is 1100. The molecule has 0 aliphatic carbocycles. The van der Waals surface area contributed by atoms with Crippen LogP contribution >= 0.6 is 27.5 Å². The molecule has 0 fully saturated rings. The van der Waals surface area contributed by atoms with Gasteiger partial charge in [0.1, 0.15) is 6.07 Å². The number of pyridine rings is 1. The van der Waals surface area contributed by atoms with Crippen molar-refractivity contribution in [2.45, 2.75) is 19.7 Å². The molecular weight excluding hydrogens is 480 g/mol. The van der Waals surface area contributed by atoms with E-state index in [0.717, 1.165) is 16.8 Å². The van der Waals surface area contributed by atoms with Crippen LogP contribution in [0.25, 0.3) is 11.3 Å². The average Bonchev–Trinajstić information content (AvgIpc) is 2.79. The number of benzene rings is 1. The number of anilines is 1. The zero-order valence-corrected chi connectivity index (χ0v) is 19.4. The molecule has 0 unspecified atom stereocenters. The third-order valence-corrected chi connectivity index (χ3v) is 5.16. The van der Waals surface area contributed by atoms with E-state index in [0.29, 0.717) is 28.3 Å². The van der Waals surface area contributed by atoms with Crippen molar-refractivity contribution in [1.29, 1.82) is 5.26 Å². The van der Waals surface area contributed by atoms with Crippen molar-refractivity contribution in [3.8, 4) is 17.3 Å². The Labute approximate surface area is 194 Å². The highest BCUT2D eigenvalue weighted by atomic mass is 79.9. The molecule has 1 aromatic carbocycles. The largest absolute Gasteiger partial charge is 0.271 e. The van der Waals surface area contributed by atoms with Crippen molar-refractivity contribution in [3.05, 3.63) is 70.2 Å². The van der Waals surface area contributed by atoms with Gasteiger partial charge in [-0.15, -0.1) is 11.6 Å². The van der Waals surface area contributed by atoms with Crippen LogP contribution in [0.1, 0.15) is 35.6 Å². The van der Waals surface area contributed by atoms with Crippen LogP contribution in [-0.4, -0.2) is 27.4 Å². The van der Waals surface area contributed by atoms with Gasteiger partial charge in [0.25, 0.3) is 5.91 Å². The SMILES string of the molecule is CC(C)CN(NC(=O)c1ccc(-c2ccc(CCl)cc2)nc1)c1nc(C#N)ncc1Br. The number of hydrogen-bond donors (Lipinski definition) is 1. The Balaban J connectivity index is 1.81. The van der Waals surface area contributed by atoms with Crippen molar-refractivity contribution in [1.82, 2.24) is 20.4 Å². The van der Waals surface area contributed by atoms with Crippen LogP contribution in [0, 0.1) is 17.2 Å². The molecule has 2 aromatic heterocycles. The molecule has 0 bridgehead atoms. The number of amides is 1. The van der Waals surface area contributed by atoms with Gasteiger partial charge in [0.15, 0.2) is 5.82 Å². The number of nitriles is 1. The molecule has 2 heterocycles. The first-order chi connectivity index (χ1) is 14.9. The van der Waals surface area contributed by atoms with Crippen LogP contribution in [0.15, 0.2) is 53.3 Å². The van der Waals surface area contributed by atoms with Gasteiger partial charge >= 0.3 is 0 Å².